The van der Waals surface area contributed by atoms with E-state index in [1.165, 1.54) is 15.6 Å². The van der Waals surface area contributed by atoms with Crippen molar-refractivity contribution >= 4 is 62.2 Å². The first kappa shape index (κ1) is 22.9. The van der Waals surface area contributed by atoms with Crippen molar-refractivity contribution in [1.82, 2.24) is 9.62 Å². The maximum Gasteiger partial charge on any atom is 0.252 e. The van der Waals surface area contributed by atoms with Gasteiger partial charge in [-0.15, -0.1) is 11.3 Å². The van der Waals surface area contributed by atoms with Gasteiger partial charge in [0, 0.05) is 41.2 Å². The molecule has 5 nitrogen and oxygen atoms in total. The lowest BCUT2D eigenvalue weighted by molar-refractivity contribution is -0.125. The van der Waals surface area contributed by atoms with Crippen molar-refractivity contribution in [3.05, 3.63) is 51.3 Å². The van der Waals surface area contributed by atoms with Crippen LogP contribution in [0.15, 0.2) is 39.9 Å². The zero-order valence-corrected chi connectivity index (χ0v) is 19.6. The number of piperidine rings is 1. The molecule has 1 amide bonds. The Labute approximate surface area is 189 Å². The summed E-state index contributed by atoms with van der Waals surface area (Å²) in [4.78, 5) is 12.5. The Hall–Kier alpha value is -0.770. The molecule has 29 heavy (non-hydrogen) atoms. The minimum Gasteiger partial charge on any atom is -0.355 e. The molecule has 0 unspecified atom stereocenters. The van der Waals surface area contributed by atoms with Crippen LogP contribution in [0.3, 0.4) is 0 Å². The van der Waals surface area contributed by atoms with E-state index in [0.717, 1.165) is 17.1 Å². The van der Waals surface area contributed by atoms with Gasteiger partial charge in [0.05, 0.1) is 5.92 Å². The molecule has 0 saturated carbocycles. The van der Waals surface area contributed by atoms with Crippen LogP contribution in [0, 0.1) is 5.92 Å². The number of thioether (sulfide) groups is 1. The highest BCUT2D eigenvalue weighted by Gasteiger charge is 2.33. The van der Waals surface area contributed by atoms with Crippen molar-refractivity contribution in [3.8, 4) is 0 Å². The first-order valence-electron chi connectivity index (χ1n) is 9.21. The van der Waals surface area contributed by atoms with Gasteiger partial charge in [-0.05, 0) is 42.0 Å². The summed E-state index contributed by atoms with van der Waals surface area (Å²) in [6, 6.07) is 8.76. The average Bonchev–Trinajstić information content (AvgIpc) is 3.25. The van der Waals surface area contributed by atoms with Gasteiger partial charge in [0.1, 0.15) is 4.21 Å². The highest BCUT2D eigenvalue weighted by Crippen LogP contribution is 2.27. The Morgan fingerprint density at radius 3 is 2.86 bits per heavy atom. The third kappa shape index (κ3) is 6.12. The lowest BCUT2D eigenvalue weighted by atomic mass is 9.99. The summed E-state index contributed by atoms with van der Waals surface area (Å²) in [5, 5.41) is 5.93. The van der Waals surface area contributed by atoms with Crippen LogP contribution in [-0.2, 0) is 20.6 Å². The van der Waals surface area contributed by atoms with E-state index in [1.54, 1.807) is 35.3 Å². The van der Waals surface area contributed by atoms with Crippen LogP contribution in [0.5, 0.6) is 0 Å². The molecule has 1 aromatic heterocycles. The van der Waals surface area contributed by atoms with Gasteiger partial charge >= 0.3 is 0 Å². The topological polar surface area (TPSA) is 66.5 Å². The quantitative estimate of drug-likeness (QED) is 0.550. The fourth-order valence-electron chi connectivity index (χ4n) is 3.12. The van der Waals surface area contributed by atoms with Crippen molar-refractivity contribution in [3.63, 3.8) is 0 Å². The number of thiophene rings is 1. The lowest BCUT2D eigenvalue weighted by Gasteiger charge is -2.30. The van der Waals surface area contributed by atoms with Gasteiger partial charge in [0.25, 0.3) is 10.0 Å². The standard InChI is InChI=1S/C19H22Cl2N2O3S3/c20-16-6-5-15(17(21)11-16)13-27-10-7-22-19(24)14-3-1-8-23(12-14)29(25,26)18-4-2-9-28-18/h2,4-6,9,11,14H,1,3,7-8,10,12-13H2,(H,22,24)/t14-/m1/s1. The molecule has 0 aliphatic carbocycles. The molecule has 1 aromatic carbocycles. The summed E-state index contributed by atoms with van der Waals surface area (Å²) in [7, 11) is -3.51. The van der Waals surface area contributed by atoms with Crippen molar-refractivity contribution in [1.29, 1.82) is 0 Å². The fourth-order valence-corrected chi connectivity index (χ4v) is 7.21. The molecule has 1 atom stereocenters. The van der Waals surface area contributed by atoms with Crippen molar-refractivity contribution < 1.29 is 13.2 Å². The third-order valence-corrected chi connectivity index (χ3v) is 9.50. The smallest absolute Gasteiger partial charge is 0.252 e. The monoisotopic (exact) mass is 492 g/mol. The van der Waals surface area contributed by atoms with E-state index >= 15 is 0 Å². The molecular weight excluding hydrogens is 471 g/mol. The van der Waals surface area contributed by atoms with Crippen LogP contribution in [0.4, 0.5) is 0 Å². The van der Waals surface area contributed by atoms with Crippen molar-refractivity contribution in [2.75, 3.05) is 25.4 Å². The van der Waals surface area contributed by atoms with Crippen LogP contribution >= 0.6 is 46.3 Å². The Bertz CT molecular complexity index is 936. The Balaban J connectivity index is 1.43. The number of nitrogens with zero attached hydrogens (tertiary/aromatic N) is 1. The number of amides is 1. The normalized spacial score (nSPS) is 17.9. The second-order valence-corrected chi connectivity index (χ2v) is 11.8. The minimum atomic E-state index is -3.51. The van der Waals surface area contributed by atoms with Gasteiger partial charge in [-0.25, -0.2) is 8.42 Å². The lowest BCUT2D eigenvalue weighted by Crippen LogP contribution is -2.45. The highest BCUT2D eigenvalue weighted by molar-refractivity contribution is 7.98. The number of hydrogen-bond acceptors (Lipinski definition) is 5. The van der Waals surface area contributed by atoms with Gasteiger partial charge in [0.2, 0.25) is 5.91 Å². The van der Waals surface area contributed by atoms with E-state index in [-0.39, 0.29) is 18.4 Å². The molecule has 1 N–H and O–H groups in total. The molecule has 1 aliphatic rings. The first-order chi connectivity index (χ1) is 13.9. The molecule has 0 radical (unpaired) electrons. The summed E-state index contributed by atoms with van der Waals surface area (Å²) < 4.78 is 27.1. The molecule has 3 rings (SSSR count). The van der Waals surface area contributed by atoms with Crippen LogP contribution in [-0.4, -0.2) is 44.0 Å². The predicted molar refractivity (Wildman–Crippen MR) is 121 cm³/mol. The van der Waals surface area contributed by atoms with E-state index < -0.39 is 10.0 Å². The molecular formula is C19H22Cl2N2O3S3. The Kier molecular flexibility index (Phi) is 8.30. The number of hydrogen-bond donors (Lipinski definition) is 1. The van der Waals surface area contributed by atoms with Gasteiger partial charge in [0.15, 0.2) is 0 Å². The van der Waals surface area contributed by atoms with Crippen LogP contribution < -0.4 is 5.32 Å². The van der Waals surface area contributed by atoms with Crippen molar-refractivity contribution in [2.24, 2.45) is 5.92 Å². The predicted octanol–water partition coefficient (Wildman–Crippen LogP) is 4.51. The van der Waals surface area contributed by atoms with Gasteiger partial charge in [-0.3, -0.25) is 4.79 Å². The van der Waals surface area contributed by atoms with E-state index in [0.29, 0.717) is 40.2 Å². The molecule has 1 saturated heterocycles. The largest absolute Gasteiger partial charge is 0.355 e. The van der Waals surface area contributed by atoms with E-state index in [9.17, 15) is 13.2 Å². The fraction of sp³-hybridized carbons (Fsp3) is 0.421. The zero-order valence-electron chi connectivity index (χ0n) is 15.6. The zero-order chi connectivity index (χ0) is 20.9. The molecule has 1 aliphatic heterocycles. The molecule has 1 fully saturated rings. The molecule has 2 aromatic rings. The number of nitrogens with one attached hydrogen (secondary N) is 1. The summed E-state index contributed by atoms with van der Waals surface area (Å²) in [5.41, 5.74) is 1.01. The van der Waals surface area contributed by atoms with Gasteiger partial charge in [-0.1, -0.05) is 35.3 Å². The average molecular weight is 494 g/mol. The van der Waals surface area contributed by atoms with Crippen molar-refractivity contribution in [2.45, 2.75) is 22.8 Å². The van der Waals surface area contributed by atoms with Crippen LogP contribution in [0.1, 0.15) is 18.4 Å². The van der Waals surface area contributed by atoms with Crippen LogP contribution in [0.2, 0.25) is 10.0 Å². The number of benzene rings is 1. The number of carbonyl (C=O) groups is 1. The maximum absolute atomic E-state index is 12.7. The SMILES string of the molecule is O=C(NCCSCc1ccc(Cl)cc1Cl)[C@@H]1CCCN(S(=O)(=O)c2cccs2)C1. The summed E-state index contributed by atoms with van der Waals surface area (Å²) in [6.07, 6.45) is 1.39. The Morgan fingerprint density at radius 1 is 1.31 bits per heavy atom. The Morgan fingerprint density at radius 2 is 2.14 bits per heavy atom. The van der Waals surface area contributed by atoms with Gasteiger partial charge in [-0.2, -0.15) is 16.1 Å². The van der Waals surface area contributed by atoms with E-state index in [1.807, 2.05) is 12.1 Å². The summed E-state index contributed by atoms with van der Waals surface area (Å²) >= 11 is 14.9. The number of halogens is 2. The summed E-state index contributed by atoms with van der Waals surface area (Å²) in [6.45, 7) is 1.23. The van der Waals surface area contributed by atoms with E-state index in [4.69, 9.17) is 23.2 Å². The van der Waals surface area contributed by atoms with Crippen LogP contribution in [0.25, 0.3) is 0 Å². The maximum atomic E-state index is 12.7. The highest BCUT2D eigenvalue weighted by atomic mass is 35.5. The van der Waals surface area contributed by atoms with Gasteiger partial charge < -0.3 is 5.32 Å². The molecule has 0 bridgehead atoms. The second-order valence-electron chi connectivity index (χ2n) is 6.71. The summed E-state index contributed by atoms with van der Waals surface area (Å²) in [5.74, 6) is 1.09. The number of sulfonamides is 1. The number of rotatable bonds is 8. The molecule has 10 heteroatoms. The first-order valence-corrected chi connectivity index (χ1v) is 13.4. The molecule has 158 valence electrons. The third-order valence-electron chi connectivity index (χ3n) is 4.66. The molecule has 0 spiro atoms. The van der Waals surface area contributed by atoms with E-state index in [2.05, 4.69) is 5.32 Å². The molecule has 2 heterocycles. The second kappa shape index (κ2) is 10.5. The minimum absolute atomic E-state index is 0.0822. The number of carbonyl (C=O) groups excluding carboxylic acids is 1.